The summed E-state index contributed by atoms with van der Waals surface area (Å²) < 4.78 is 17.6. The van der Waals surface area contributed by atoms with Gasteiger partial charge in [0.05, 0.1) is 39.1 Å². The van der Waals surface area contributed by atoms with E-state index in [1.165, 1.54) is 10.9 Å². The Morgan fingerprint density at radius 3 is 2.70 bits per heavy atom. The molecule has 7 heteroatoms. The zero-order valence-electron chi connectivity index (χ0n) is 15.6. The Morgan fingerprint density at radius 2 is 2.00 bits per heavy atom. The summed E-state index contributed by atoms with van der Waals surface area (Å²) in [6.07, 6.45) is 3.06. The molecule has 0 spiro atoms. The molecular weight excluding hydrogens is 346 g/mol. The van der Waals surface area contributed by atoms with Gasteiger partial charge < -0.3 is 14.2 Å². The van der Waals surface area contributed by atoms with Crippen molar-refractivity contribution in [3.63, 3.8) is 0 Å². The van der Waals surface area contributed by atoms with Crippen LogP contribution in [0.1, 0.15) is 18.2 Å². The monoisotopic (exact) mass is 367 g/mol. The van der Waals surface area contributed by atoms with E-state index in [0.29, 0.717) is 47.0 Å². The number of hydrogen-bond donors (Lipinski definition) is 0. The molecule has 3 aromatic rings. The topological polar surface area (TPSA) is 75.5 Å². The van der Waals surface area contributed by atoms with E-state index in [4.69, 9.17) is 14.2 Å². The number of benzene rings is 1. The van der Waals surface area contributed by atoms with E-state index in [1.807, 2.05) is 19.1 Å². The standard InChI is InChI=1S/C20H21N3O4/c1-5-27-13(2)18-19-16(8-9-21-18)20(24)23(12-22-19)11-14-6-7-15(25-3)10-17(14)26-4/h6-10,12H,2,5,11H2,1,3-4H3. The SMILES string of the molecule is C=C(OCC)c1nccc2c(=O)n(Cc3ccc(OC)cc3OC)cnc12. The first-order chi connectivity index (χ1) is 13.1. The van der Waals surface area contributed by atoms with Crippen LogP contribution in [0.3, 0.4) is 0 Å². The van der Waals surface area contributed by atoms with Gasteiger partial charge in [-0.3, -0.25) is 14.3 Å². The first-order valence-corrected chi connectivity index (χ1v) is 8.46. The van der Waals surface area contributed by atoms with Crippen LogP contribution in [-0.4, -0.2) is 35.4 Å². The predicted octanol–water partition coefficient (Wildman–Crippen LogP) is 2.86. The zero-order chi connectivity index (χ0) is 19.4. The molecule has 0 fully saturated rings. The number of aromatic nitrogens is 3. The van der Waals surface area contributed by atoms with Gasteiger partial charge in [-0.05, 0) is 25.1 Å². The largest absolute Gasteiger partial charge is 0.497 e. The Bertz CT molecular complexity index is 1040. The second-order valence-corrected chi connectivity index (χ2v) is 5.77. The molecule has 0 saturated carbocycles. The lowest BCUT2D eigenvalue weighted by molar-refractivity contribution is 0.298. The van der Waals surface area contributed by atoms with Gasteiger partial charge in [-0.1, -0.05) is 6.58 Å². The molecule has 0 aliphatic rings. The Kier molecular flexibility index (Phi) is 5.40. The molecule has 0 N–H and O–H groups in total. The van der Waals surface area contributed by atoms with Crippen LogP contribution in [-0.2, 0) is 11.3 Å². The van der Waals surface area contributed by atoms with E-state index in [2.05, 4.69) is 16.5 Å². The van der Waals surface area contributed by atoms with E-state index >= 15 is 0 Å². The van der Waals surface area contributed by atoms with E-state index in [9.17, 15) is 4.79 Å². The highest BCUT2D eigenvalue weighted by molar-refractivity contribution is 5.86. The third-order valence-corrected chi connectivity index (χ3v) is 4.16. The van der Waals surface area contributed by atoms with Crippen LogP contribution in [0.4, 0.5) is 0 Å². The molecule has 0 aliphatic heterocycles. The third kappa shape index (κ3) is 3.62. The third-order valence-electron chi connectivity index (χ3n) is 4.16. The van der Waals surface area contributed by atoms with Crippen molar-refractivity contribution in [1.82, 2.24) is 14.5 Å². The van der Waals surface area contributed by atoms with Crippen molar-refractivity contribution in [2.24, 2.45) is 0 Å². The van der Waals surface area contributed by atoms with Crippen molar-refractivity contribution < 1.29 is 14.2 Å². The first-order valence-electron chi connectivity index (χ1n) is 8.46. The molecule has 140 valence electrons. The van der Waals surface area contributed by atoms with Crippen LogP contribution in [0.5, 0.6) is 11.5 Å². The van der Waals surface area contributed by atoms with Crippen LogP contribution >= 0.6 is 0 Å². The molecule has 0 bridgehead atoms. The van der Waals surface area contributed by atoms with Crippen molar-refractivity contribution in [3.8, 4) is 11.5 Å². The summed E-state index contributed by atoms with van der Waals surface area (Å²) in [7, 11) is 3.17. The number of fused-ring (bicyclic) bond motifs is 1. The molecule has 0 atom stereocenters. The summed E-state index contributed by atoms with van der Waals surface area (Å²) in [5, 5.41) is 0.454. The minimum Gasteiger partial charge on any atom is -0.497 e. The van der Waals surface area contributed by atoms with Crippen molar-refractivity contribution in [3.05, 3.63) is 65.0 Å². The van der Waals surface area contributed by atoms with Gasteiger partial charge in [-0.15, -0.1) is 0 Å². The highest BCUT2D eigenvalue weighted by Crippen LogP contribution is 2.25. The first kappa shape index (κ1) is 18.4. The van der Waals surface area contributed by atoms with Crippen LogP contribution < -0.4 is 15.0 Å². The second-order valence-electron chi connectivity index (χ2n) is 5.77. The molecule has 0 radical (unpaired) electrons. The van der Waals surface area contributed by atoms with Gasteiger partial charge in [0.15, 0.2) is 0 Å². The van der Waals surface area contributed by atoms with Gasteiger partial charge in [0.2, 0.25) is 0 Å². The second kappa shape index (κ2) is 7.90. The summed E-state index contributed by atoms with van der Waals surface area (Å²) in [4.78, 5) is 21.6. The van der Waals surface area contributed by atoms with Gasteiger partial charge >= 0.3 is 0 Å². The maximum atomic E-state index is 12.9. The van der Waals surface area contributed by atoms with Crippen molar-refractivity contribution in [2.45, 2.75) is 13.5 Å². The number of rotatable bonds is 7. The smallest absolute Gasteiger partial charge is 0.261 e. The Hall–Kier alpha value is -3.35. The summed E-state index contributed by atoms with van der Waals surface area (Å²) in [5.74, 6) is 1.72. The molecule has 0 amide bonds. The summed E-state index contributed by atoms with van der Waals surface area (Å²) in [5.41, 5.74) is 1.61. The van der Waals surface area contributed by atoms with Gasteiger partial charge in [0.1, 0.15) is 28.5 Å². The predicted molar refractivity (Wildman–Crippen MR) is 103 cm³/mol. The van der Waals surface area contributed by atoms with Gasteiger partial charge in [-0.25, -0.2) is 4.98 Å². The molecule has 1 aromatic carbocycles. The van der Waals surface area contributed by atoms with Crippen LogP contribution in [0.2, 0.25) is 0 Å². The van der Waals surface area contributed by atoms with Gasteiger partial charge in [0.25, 0.3) is 5.56 Å². The quantitative estimate of drug-likeness (QED) is 0.598. The van der Waals surface area contributed by atoms with Crippen molar-refractivity contribution in [1.29, 1.82) is 0 Å². The van der Waals surface area contributed by atoms with Crippen molar-refractivity contribution in [2.75, 3.05) is 20.8 Å². The lowest BCUT2D eigenvalue weighted by Gasteiger charge is -2.13. The van der Waals surface area contributed by atoms with E-state index < -0.39 is 0 Å². The fraction of sp³-hybridized carbons (Fsp3) is 0.250. The summed E-state index contributed by atoms with van der Waals surface area (Å²) >= 11 is 0. The fourth-order valence-electron chi connectivity index (χ4n) is 2.82. The molecule has 27 heavy (non-hydrogen) atoms. The van der Waals surface area contributed by atoms with Crippen LogP contribution in [0.15, 0.2) is 48.2 Å². The molecule has 7 nitrogen and oxygen atoms in total. The highest BCUT2D eigenvalue weighted by atomic mass is 16.5. The van der Waals surface area contributed by atoms with Crippen LogP contribution in [0.25, 0.3) is 16.7 Å². The molecule has 2 aromatic heterocycles. The number of nitrogens with zero attached hydrogens (tertiary/aromatic N) is 3. The van der Waals surface area contributed by atoms with E-state index in [1.54, 1.807) is 32.5 Å². The molecule has 0 unspecified atom stereocenters. The van der Waals surface area contributed by atoms with Crippen molar-refractivity contribution >= 4 is 16.7 Å². The minimum absolute atomic E-state index is 0.175. The summed E-state index contributed by atoms with van der Waals surface area (Å²) in [6, 6.07) is 7.12. The Balaban J connectivity index is 2.04. The number of ether oxygens (including phenoxy) is 3. The van der Waals surface area contributed by atoms with E-state index in [-0.39, 0.29) is 5.56 Å². The van der Waals surface area contributed by atoms with E-state index in [0.717, 1.165) is 5.56 Å². The molecule has 0 aliphatic carbocycles. The summed E-state index contributed by atoms with van der Waals surface area (Å²) in [6.45, 7) is 6.50. The minimum atomic E-state index is -0.175. The lowest BCUT2D eigenvalue weighted by atomic mass is 10.1. The van der Waals surface area contributed by atoms with Gasteiger partial charge in [0, 0.05) is 17.8 Å². The molecule has 0 saturated heterocycles. The molecule has 3 rings (SSSR count). The maximum absolute atomic E-state index is 12.9. The zero-order valence-corrected chi connectivity index (χ0v) is 15.6. The highest BCUT2D eigenvalue weighted by Gasteiger charge is 2.14. The average Bonchev–Trinajstić information content (AvgIpc) is 2.70. The lowest BCUT2D eigenvalue weighted by Crippen LogP contribution is -2.22. The van der Waals surface area contributed by atoms with Gasteiger partial charge in [-0.2, -0.15) is 0 Å². The molecular formula is C20H21N3O4. The number of methoxy groups -OCH3 is 2. The average molecular weight is 367 g/mol. The Labute approximate surface area is 156 Å². The van der Waals surface area contributed by atoms with Crippen LogP contribution in [0, 0.1) is 0 Å². The number of hydrogen-bond acceptors (Lipinski definition) is 6. The normalized spacial score (nSPS) is 10.6. The fourth-order valence-corrected chi connectivity index (χ4v) is 2.82. The number of pyridine rings is 1. The molecule has 2 heterocycles. The maximum Gasteiger partial charge on any atom is 0.261 e. The Morgan fingerprint density at radius 1 is 1.19 bits per heavy atom.